The molecule has 0 saturated carbocycles. The molecule has 0 spiro atoms. The standard InChI is InChI=1S/C18H19N3O3/c1-2-23-16-6-8-17(9-7-16)24-11-10-20-18(22)21-15-5-3-4-14(12-15)13-19/h3-9,12H,2,10-11H2,1H3,(H2,20,21,22). The minimum Gasteiger partial charge on any atom is -0.494 e. The lowest BCUT2D eigenvalue weighted by atomic mass is 10.2. The molecular weight excluding hydrogens is 306 g/mol. The molecule has 0 aromatic heterocycles. The van der Waals surface area contributed by atoms with Crippen LogP contribution >= 0.6 is 0 Å². The Labute approximate surface area is 141 Å². The number of nitrogens with zero attached hydrogens (tertiary/aromatic N) is 1. The largest absolute Gasteiger partial charge is 0.494 e. The fraction of sp³-hybridized carbons (Fsp3) is 0.222. The van der Waals surface area contributed by atoms with Crippen molar-refractivity contribution in [3.63, 3.8) is 0 Å². The Hall–Kier alpha value is -3.20. The van der Waals surface area contributed by atoms with Gasteiger partial charge >= 0.3 is 6.03 Å². The van der Waals surface area contributed by atoms with Gasteiger partial charge in [-0.05, 0) is 49.4 Å². The first-order valence-corrected chi connectivity index (χ1v) is 7.62. The van der Waals surface area contributed by atoms with E-state index in [1.807, 2.05) is 37.3 Å². The van der Waals surface area contributed by atoms with Crippen LogP contribution in [0.5, 0.6) is 11.5 Å². The van der Waals surface area contributed by atoms with Gasteiger partial charge in [0, 0.05) is 5.69 Å². The first kappa shape index (κ1) is 17.2. The number of amides is 2. The maximum absolute atomic E-state index is 11.8. The van der Waals surface area contributed by atoms with E-state index in [-0.39, 0.29) is 6.03 Å². The number of hydrogen-bond acceptors (Lipinski definition) is 4. The number of ether oxygens (including phenoxy) is 2. The van der Waals surface area contributed by atoms with Gasteiger partial charge in [0.15, 0.2) is 0 Å². The quantitative estimate of drug-likeness (QED) is 0.766. The first-order chi connectivity index (χ1) is 11.7. The van der Waals surface area contributed by atoms with Crippen molar-refractivity contribution in [3.8, 4) is 17.6 Å². The molecular formula is C18H19N3O3. The van der Waals surface area contributed by atoms with Gasteiger partial charge in [-0.1, -0.05) is 6.07 Å². The molecule has 0 aliphatic carbocycles. The summed E-state index contributed by atoms with van der Waals surface area (Å²) >= 11 is 0. The summed E-state index contributed by atoms with van der Waals surface area (Å²) in [5.41, 5.74) is 1.06. The third-order valence-corrected chi connectivity index (χ3v) is 3.04. The molecule has 2 amide bonds. The molecule has 0 saturated heterocycles. The number of carbonyl (C=O) groups excluding carboxylic acids is 1. The third kappa shape index (κ3) is 5.54. The van der Waals surface area contributed by atoms with Crippen LogP contribution in [-0.4, -0.2) is 25.8 Å². The summed E-state index contributed by atoms with van der Waals surface area (Å²) in [4.78, 5) is 11.8. The number of carbonyl (C=O) groups is 1. The summed E-state index contributed by atoms with van der Waals surface area (Å²) in [6.07, 6.45) is 0. The Kier molecular flexibility index (Phi) is 6.47. The summed E-state index contributed by atoms with van der Waals surface area (Å²) < 4.78 is 10.9. The van der Waals surface area contributed by atoms with Crippen molar-refractivity contribution in [1.29, 1.82) is 5.26 Å². The van der Waals surface area contributed by atoms with E-state index < -0.39 is 0 Å². The van der Waals surface area contributed by atoms with Crippen LogP contribution in [0.4, 0.5) is 10.5 Å². The molecule has 0 fully saturated rings. The Morgan fingerprint density at radius 3 is 2.50 bits per heavy atom. The van der Waals surface area contributed by atoms with E-state index in [1.54, 1.807) is 24.3 Å². The predicted octanol–water partition coefficient (Wildman–Crippen LogP) is 3.16. The van der Waals surface area contributed by atoms with Crippen molar-refractivity contribution >= 4 is 11.7 Å². The van der Waals surface area contributed by atoms with Crippen molar-refractivity contribution < 1.29 is 14.3 Å². The molecule has 0 heterocycles. The Morgan fingerprint density at radius 2 is 1.83 bits per heavy atom. The predicted molar refractivity (Wildman–Crippen MR) is 91.3 cm³/mol. The first-order valence-electron chi connectivity index (χ1n) is 7.62. The number of anilines is 1. The molecule has 0 aliphatic heterocycles. The van der Waals surface area contributed by atoms with Crippen LogP contribution in [0.25, 0.3) is 0 Å². The van der Waals surface area contributed by atoms with Crippen LogP contribution in [0.15, 0.2) is 48.5 Å². The fourth-order valence-corrected chi connectivity index (χ4v) is 1.97. The highest BCUT2D eigenvalue weighted by Gasteiger charge is 2.02. The molecule has 6 heteroatoms. The number of nitrogens with one attached hydrogen (secondary N) is 2. The molecule has 24 heavy (non-hydrogen) atoms. The molecule has 2 aromatic carbocycles. The summed E-state index contributed by atoms with van der Waals surface area (Å²) in [5, 5.41) is 14.2. The second-order valence-electron chi connectivity index (χ2n) is 4.83. The Morgan fingerprint density at radius 1 is 1.12 bits per heavy atom. The van der Waals surface area contributed by atoms with E-state index in [1.165, 1.54) is 0 Å². The van der Waals surface area contributed by atoms with E-state index in [4.69, 9.17) is 14.7 Å². The van der Waals surface area contributed by atoms with Crippen molar-refractivity contribution in [2.75, 3.05) is 25.1 Å². The van der Waals surface area contributed by atoms with Crippen LogP contribution < -0.4 is 20.1 Å². The lowest BCUT2D eigenvalue weighted by Crippen LogP contribution is -2.32. The molecule has 2 rings (SSSR count). The van der Waals surface area contributed by atoms with Crippen LogP contribution in [0.2, 0.25) is 0 Å². The minimum atomic E-state index is -0.347. The van der Waals surface area contributed by atoms with Crippen LogP contribution in [-0.2, 0) is 0 Å². The SMILES string of the molecule is CCOc1ccc(OCCNC(=O)Nc2cccc(C#N)c2)cc1. The zero-order chi connectivity index (χ0) is 17.2. The van der Waals surface area contributed by atoms with Gasteiger partial charge < -0.3 is 20.1 Å². The summed E-state index contributed by atoms with van der Waals surface area (Å²) in [6, 6.07) is 15.7. The summed E-state index contributed by atoms with van der Waals surface area (Å²) in [5.74, 6) is 1.50. The molecule has 2 aromatic rings. The molecule has 0 atom stereocenters. The zero-order valence-electron chi connectivity index (χ0n) is 13.4. The summed E-state index contributed by atoms with van der Waals surface area (Å²) in [6.45, 7) is 3.25. The van der Waals surface area contributed by atoms with Crippen molar-refractivity contribution in [1.82, 2.24) is 5.32 Å². The van der Waals surface area contributed by atoms with Crippen molar-refractivity contribution in [3.05, 3.63) is 54.1 Å². The molecule has 2 N–H and O–H groups in total. The molecule has 0 bridgehead atoms. The van der Waals surface area contributed by atoms with E-state index in [0.717, 1.165) is 5.75 Å². The molecule has 0 aliphatic rings. The zero-order valence-corrected chi connectivity index (χ0v) is 13.4. The highest BCUT2D eigenvalue weighted by atomic mass is 16.5. The number of urea groups is 1. The number of benzene rings is 2. The fourth-order valence-electron chi connectivity index (χ4n) is 1.97. The van der Waals surface area contributed by atoms with Gasteiger partial charge in [-0.3, -0.25) is 0 Å². The normalized spacial score (nSPS) is 9.67. The van der Waals surface area contributed by atoms with E-state index in [9.17, 15) is 4.79 Å². The van der Waals surface area contributed by atoms with Crippen molar-refractivity contribution in [2.45, 2.75) is 6.92 Å². The van der Waals surface area contributed by atoms with Gasteiger partial charge in [-0.25, -0.2) is 4.79 Å². The highest BCUT2D eigenvalue weighted by molar-refractivity contribution is 5.89. The molecule has 0 unspecified atom stereocenters. The number of rotatable bonds is 7. The molecule has 124 valence electrons. The highest BCUT2D eigenvalue weighted by Crippen LogP contribution is 2.17. The second kappa shape index (κ2) is 9.06. The molecule has 6 nitrogen and oxygen atoms in total. The average molecular weight is 325 g/mol. The Balaban J connectivity index is 1.69. The average Bonchev–Trinajstić information content (AvgIpc) is 2.60. The maximum Gasteiger partial charge on any atom is 0.319 e. The topological polar surface area (TPSA) is 83.4 Å². The number of nitriles is 1. The Bertz CT molecular complexity index is 708. The van der Waals surface area contributed by atoms with Crippen LogP contribution in [0.3, 0.4) is 0 Å². The van der Waals surface area contributed by atoms with Gasteiger partial charge in [-0.15, -0.1) is 0 Å². The molecule has 0 radical (unpaired) electrons. The number of hydrogen-bond donors (Lipinski definition) is 2. The smallest absolute Gasteiger partial charge is 0.319 e. The van der Waals surface area contributed by atoms with E-state index in [0.29, 0.717) is 36.8 Å². The van der Waals surface area contributed by atoms with Gasteiger partial charge in [0.1, 0.15) is 18.1 Å². The van der Waals surface area contributed by atoms with Gasteiger partial charge in [0.2, 0.25) is 0 Å². The van der Waals surface area contributed by atoms with E-state index in [2.05, 4.69) is 10.6 Å². The van der Waals surface area contributed by atoms with Crippen molar-refractivity contribution in [2.24, 2.45) is 0 Å². The van der Waals surface area contributed by atoms with E-state index >= 15 is 0 Å². The van der Waals surface area contributed by atoms with Gasteiger partial charge in [0.05, 0.1) is 24.8 Å². The summed E-state index contributed by atoms with van der Waals surface area (Å²) in [7, 11) is 0. The second-order valence-corrected chi connectivity index (χ2v) is 4.83. The lowest BCUT2D eigenvalue weighted by Gasteiger charge is -2.10. The third-order valence-electron chi connectivity index (χ3n) is 3.04. The van der Waals surface area contributed by atoms with Crippen LogP contribution in [0.1, 0.15) is 12.5 Å². The monoisotopic (exact) mass is 325 g/mol. The lowest BCUT2D eigenvalue weighted by molar-refractivity contribution is 0.247. The van der Waals surface area contributed by atoms with Crippen LogP contribution in [0, 0.1) is 11.3 Å². The van der Waals surface area contributed by atoms with Gasteiger partial charge in [-0.2, -0.15) is 5.26 Å². The van der Waals surface area contributed by atoms with Gasteiger partial charge in [0.25, 0.3) is 0 Å². The maximum atomic E-state index is 11.8. The minimum absolute atomic E-state index is 0.347.